The molecule has 3 amide bonds. The van der Waals surface area contributed by atoms with Crippen LogP contribution in [-0.4, -0.2) is 73.2 Å². The molecule has 12 nitrogen and oxygen atoms in total. The molecule has 12 heteroatoms. The normalized spacial score (nSPS) is 31.6. The highest BCUT2D eigenvalue weighted by molar-refractivity contribution is 6.24. The fourth-order valence-corrected chi connectivity index (χ4v) is 4.90. The Labute approximate surface area is 245 Å². The minimum atomic E-state index is -1.02. The molecule has 3 unspecified atom stereocenters. The first kappa shape index (κ1) is 34.3. The van der Waals surface area contributed by atoms with Gasteiger partial charge in [0, 0.05) is 44.3 Å². The lowest BCUT2D eigenvalue weighted by molar-refractivity contribution is -0.122. The molecule has 0 spiro atoms. The van der Waals surface area contributed by atoms with Crippen LogP contribution in [0.4, 0.5) is 4.79 Å². The number of carbonyl (C=O) groups excluding carboxylic acids is 5. The number of methoxy groups -OCH3 is 2. The number of hydrogen-bond donors (Lipinski definition) is 4. The average molecular weight is 588 g/mol. The Morgan fingerprint density at radius 3 is 2.36 bits per heavy atom. The quantitative estimate of drug-likeness (QED) is 0.282. The zero-order valence-electron chi connectivity index (χ0n) is 25.1. The van der Waals surface area contributed by atoms with Crippen LogP contribution >= 0.6 is 0 Å². The molecule has 6 atom stereocenters. The van der Waals surface area contributed by atoms with Gasteiger partial charge < -0.3 is 35.7 Å². The summed E-state index contributed by atoms with van der Waals surface area (Å²) in [7, 11) is 2.87. The van der Waals surface area contributed by atoms with Gasteiger partial charge in [0.2, 0.25) is 17.5 Å². The Bertz CT molecular complexity index is 1240. The molecule has 42 heavy (non-hydrogen) atoms. The van der Waals surface area contributed by atoms with E-state index in [1.807, 2.05) is 6.92 Å². The standard InChI is InChI=1S/C30H41N3O9/c1-15-11-20-25(32-19(5)34)22(35)14-21(27(20)37)33-29(38)16(2)9-8-10-23(40-6)28(42-30(31)39)18(4)13-17(3)26(36)24(12-15)41-7/h8-10,13-15,17,23-24,26,28,36H,11-12H2,1-7H3,(H2,31,39)(H,32,34)(H,33,38)/b10-8-,16-9+,18-13+/t15-,17+,23?,24?,26-,28?/m1/s1. The summed E-state index contributed by atoms with van der Waals surface area (Å²) in [6, 6.07) is 0. The Hall–Kier alpha value is -3.87. The van der Waals surface area contributed by atoms with E-state index in [-0.39, 0.29) is 41.3 Å². The van der Waals surface area contributed by atoms with Crippen molar-refractivity contribution in [3.05, 3.63) is 58.5 Å². The van der Waals surface area contributed by atoms with Gasteiger partial charge in [-0.25, -0.2) is 4.79 Å². The van der Waals surface area contributed by atoms with Crippen molar-refractivity contribution in [3.8, 4) is 0 Å². The molecule has 0 aromatic heterocycles. The first-order chi connectivity index (χ1) is 19.7. The molecule has 1 heterocycles. The predicted octanol–water partition coefficient (Wildman–Crippen LogP) is 1.90. The van der Waals surface area contributed by atoms with Gasteiger partial charge in [-0.05, 0) is 38.2 Å². The van der Waals surface area contributed by atoms with Crippen molar-refractivity contribution in [2.24, 2.45) is 17.6 Å². The van der Waals surface area contributed by atoms with E-state index in [2.05, 4.69) is 10.6 Å². The summed E-state index contributed by atoms with van der Waals surface area (Å²) in [5.74, 6) is -3.17. The van der Waals surface area contributed by atoms with Crippen LogP contribution in [0.2, 0.25) is 0 Å². The van der Waals surface area contributed by atoms with Gasteiger partial charge in [0.15, 0.2) is 6.10 Å². The molecule has 0 saturated heterocycles. The number of rotatable bonds is 4. The van der Waals surface area contributed by atoms with Crippen LogP contribution < -0.4 is 16.4 Å². The van der Waals surface area contributed by atoms with Crippen molar-refractivity contribution in [1.29, 1.82) is 0 Å². The topological polar surface area (TPSA) is 183 Å². The van der Waals surface area contributed by atoms with Crippen molar-refractivity contribution < 1.29 is 43.3 Å². The zero-order valence-corrected chi connectivity index (χ0v) is 25.1. The fourth-order valence-electron chi connectivity index (χ4n) is 4.90. The van der Waals surface area contributed by atoms with Gasteiger partial charge in [-0.15, -0.1) is 0 Å². The van der Waals surface area contributed by atoms with Crippen LogP contribution in [-0.2, 0) is 33.4 Å². The zero-order chi connectivity index (χ0) is 31.7. The van der Waals surface area contributed by atoms with Gasteiger partial charge in [-0.2, -0.15) is 0 Å². The number of ether oxygens (including phenoxy) is 3. The van der Waals surface area contributed by atoms with Crippen molar-refractivity contribution in [2.45, 2.75) is 71.9 Å². The molecule has 0 radical (unpaired) electrons. The lowest BCUT2D eigenvalue weighted by atomic mass is 9.85. The Morgan fingerprint density at radius 1 is 1.12 bits per heavy atom. The van der Waals surface area contributed by atoms with Crippen LogP contribution in [0.5, 0.6) is 0 Å². The fraction of sp³-hybridized carbons (Fsp3) is 0.500. The van der Waals surface area contributed by atoms with E-state index in [1.165, 1.54) is 40.2 Å². The number of nitrogens with two attached hydrogens (primary N) is 1. The van der Waals surface area contributed by atoms with Crippen molar-refractivity contribution in [1.82, 2.24) is 10.6 Å². The number of aliphatic hydroxyl groups excluding tert-OH is 1. The van der Waals surface area contributed by atoms with Crippen molar-refractivity contribution in [2.75, 3.05) is 14.2 Å². The third-order valence-electron chi connectivity index (χ3n) is 7.09. The summed E-state index contributed by atoms with van der Waals surface area (Å²) in [6.45, 7) is 8.04. The van der Waals surface area contributed by atoms with Crippen LogP contribution in [0.25, 0.3) is 0 Å². The van der Waals surface area contributed by atoms with E-state index in [0.29, 0.717) is 5.57 Å². The molecule has 2 bridgehead atoms. The monoisotopic (exact) mass is 587 g/mol. The highest BCUT2D eigenvalue weighted by Crippen LogP contribution is 2.28. The lowest BCUT2D eigenvalue weighted by Gasteiger charge is -2.30. The van der Waals surface area contributed by atoms with Crippen LogP contribution in [0.1, 0.15) is 47.5 Å². The first-order valence-corrected chi connectivity index (χ1v) is 13.6. The molecule has 5 N–H and O–H groups in total. The molecule has 0 saturated carbocycles. The van der Waals surface area contributed by atoms with Gasteiger partial charge in [-0.1, -0.05) is 38.2 Å². The first-order valence-electron chi connectivity index (χ1n) is 13.6. The Kier molecular flexibility index (Phi) is 12.6. The van der Waals surface area contributed by atoms with Gasteiger partial charge in [0.25, 0.3) is 5.91 Å². The summed E-state index contributed by atoms with van der Waals surface area (Å²) < 4.78 is 16.5. The second kappa shape index (κ2) is 15.4. The number of ketones is 2. The van der Waals surface area contributed by atoms with E-state index in [1.54, 1.807) is 26.0 Å². The molecular weight excluding hydrogens is 546 g/mol. The van der Waals surface area contributed by atoms with E-state index in [9.17, 15) is 29.1 Å². The molecule has 2 aliphatic rings. The largest absolute Gasteiger partial charge is 0.439 e. The van der Waals surface area contributed by atoms with Gasteiger partial charge in [0.05, 0.1) is 23.6 Å². The third-order valence-corrected chi connectivity index (χ3v) is 7.09. The number of hydrogen-bond acceptors (Lipinski definition) is 9. The Balaban J connectivity index is 2.64. The summed E-state index contributed by atoms with van der Waals surface area (Å²) in [5.41, 5.74) is 5.76. The molecule has 1 aliphatic carbocycles. The number of carbonyl (C=O) groups is 5. The van der Waals surface area contributed by atoms with Gasteiger partial charge in [-0.3, -0.25) is 19.2 Å². The van der Waals surface area contributed by atoms with Crippen molar-refractivity contribution >= 4 is 29.5 Å². The average Bonchev–Trinajstić information content (AvgIpc) is 2.91. The maximum Gasteiger partial charge on any atom is 0.405 e. The number of amides is 3. The number of Topliss-reactive ketones (excluding diaryl/α,β-unsaturated/α-hetero) is 1. The minimum absolute atomic E-state index is 0.0439. The van der Waals surface area contributed by atoms with E-state index < -0.39 is 59.8 Å². The molecular formula is C30H41N3O9. The minimum Gasteiger partial charge on any atom is -0.439 e. The molecule has 0 fully saturated rings. The summed E-state index contributed by atoms with van der Waals surface area (Å²) in [6.07, 6.45) is 3.15. The maximum atomic E-state index is 13.5. The van der Waals surface area contributed by atoms with Crippen LogP contribution in [0.15, 0.2) is 58.5 Å². The number of nitrogens with one attached hydrogen (secondary N) is 2. The van der Waals surface area contributed by atoms with Crippen LogP contribution in [0, 0.1) is 11.8 Å². The highest BCUT2D eigenvalue weighted by atomic mass is 16.6. The van der Waals surface area contributed by atoms with Gasteiger partial charge in [0.1, 0.15) is 6.10 Å². The lowest BCUT2D eigenvalue weighted by Crippen LogP contribution is -2.38. The van der Waals surface area contributed by atoms with E-state index in [0.717, 1.165) is 6.08 Å². The summed E-state index contributed by atoms with van der Waals surface area (Å²) in [4.78, 5) is 62.9. The Morgan fingerprint density at radius 2 is 1.79 bits per heavy atom. The molecule has 2 rings (SSSR count). The summed E-state index contributed by atoms with van der Waals surface area (Å²) in [5, 5.41) is 16.1. The van der Waals surface area contributed by atoms with E-state index >= 15 is 0 Å². The molecule has 0 aromatic rings. The summed E-state index contributed by atoms with van der Waals surface area (Å²) >= 11 is 0. The SMILES string of the molecule is COC1/C=C\C=C(/C)C(=O)NC2=CC(=O)C(NC(C)=O)=C(C[C@@H](C)CC(OC)[C@H](O)[C@@H](C)/C=C(\C)C1OC(N)=O)C2=O. The smallest absolute Gasteiger partial charge is 0.405 e. The second-order valence-corrected chi connectivity index (χ2v) is 10.6. The van der Waals surface area contributed by atoms with Crippen LogP contribution in [0.3, 0.4) is 0 Å². The maximum absolute atomic E-state index is 13.5. The molecule has 0 aromatic carbocycles. The van der Waals surface area contributed by atoms with Gasteiger partial charge >= 0.3 is 6.09 Å². The number of primary amides is 1. The number of allylic oxidation sites excluding steroid dienone is 4. The highest BCUT2D eigenvalue weighted by Gasteiger charge is 2.33. The second-order valence-electron chi connectivity index (χ2n) is 10.6. The molecule has 230 valence electrons. The third kappa shape index (κ3) is 9.07. The molecule has 1 aliphatic heterocycles. The predicted molar refractivity (Wildman–Crippen MR) is 153 cm³/mol. The number of aliphatic hydroxyl groups is 1. The number of fused-ring (bicyclic) bond motifs is 2. The van der Waals surface area contributed by atoms with E-state index in [4.69, 9.17) is 19.9 Å². The van der Waals surface area contributed by atoms with Crippen molar-refractivity contribution in [3.63, 3.8) is 0 Å².